The molecule has 0 bridgehead atoms. The van der Waals surface area contributed by atoms with Gasteiger partial charge in [0.15, 0.2) is 0 Å². The van der Waals surface area contributed by atoms with E-state index in [0.717, 1.165) is 5.75 Å². The lowest BCUT2D eigenvalue weighted by atomic mass is 10.5. The third kappa shape index (κ3) is 13.3. The maximum Gasteiger partial charge on any atom is 0.326 e. The zero-order valence-corrected chi connectivity index (χ0v) is 12.1. The third-order valence-corrected chi connectivity index (χ3v) is 4.46. The molecular formula is C5H10N6O5PS2-. The van der Waals surface area contributed by atoms with E-state index >= 15 is 0 Å². The van der Waals surface area contributed by atoms with E-state index in [1.165, 1.54) is 21.6 Å². The van der Waals surface area contributed by atoms with E-state index in [0.29, 0.717) is 18.8 Å². The Labute approximate surface area is 116 Å². The van der Waals surface area contributed by atoms with Gasteiger partial charge in [0, 0.05) is 21.3 Å². The summed E-state index contributed by atoms with van der Waals surface area (Å²) < 4.78 is 19.0. The minimum Gasteiger partial charge on any atom is -0.746 e. The zero-order chi connectivity index (χ0) is 14.4. The van der Waals surface area contributed by atoms with Gasteiger partial charge >= 0.3 is 7.82 Å². The first-order chi connectivity index (χ1) is 9.12. The van der Waals surface area contributed by atoms with Gasteiger partial charge in [-0.3, -0.25) is 4.57 Å². The SMILES string of the molecule is [N-]=[N+]=NOCCCSSCCOP(=O)([O-])ON=[N+]=[N-]. The molecule has 0 aliphatic carbocycles. The summed E-state index contributed by atoms with van der Waals surface area (Å²) in [6.45, 7) is 0.235. The van der Waals surface area contributed by atoms with Gasteiger partial charge in [0.25, 0.3) is 0 Å². The fraction of sp³-hybridized carbons (Fsp3) is 1.00. The summed E-state index contributed by atoms with van der Waals surface area (Å²) in [6, 6.07) is 0. The smallest absolute Gasteiger partial charge is 0.326 e. The lowest BCUT2D eigenvalue weighted by Gasteiger charge is -2.18. The van der Waals surface area contributed by atoms with Crippen molar-refractivity contribution in [1.82, 2.24) is 0 Å². The first kappa shape index (κ1) is 18.1. The normalized spacial score (nSPS) is 12.7. The lowest BCUT2D eigenvalue weighted by Crippen LogP contribution is -2.07. The van der Waals surface area contributed by atoms with Crippen molar-refractivity contribution in [2.24, 2.45) is 10.6 Å². The molecule has 0 radical (unpaired) electrons. The molecule has 0 heterocycles. The Morgan fingerprint density at radius 1 is 1.16 bits per heavy atom. The molecule has 0 spiro atoms. The van der Waals surface area contributed by atoms with Crippen LogP contribution >= 0.6 is 29.4 Å². The first-order valence-electron chi connectivity index (χ1n) is 4.72. The molecule has 108 valence electrons. The highest BCUT2D eigenvalue weighted by Crippen LogP contribution is 2.38. The van der Waals surface area contributed by atoms with Crippen LogP contribution in [0.2, 0.25) is 0 Å². The summed E-state index contributed by atoms with van der Waals surface area (Å²) in [7, 11) is -1.66. The third-order valence-electron chi connectivity index (χ3n) is 1.23. The highest BCUT2D eigenvalue weighted by molar-refractivity contribution is 8.76. The summed E-state index contributed by atoms with van der Waals surface area (Å²) in [5, 5.41) is 5.33. The van der Waals surface area contributed by atoms with E-state index in [2.05, 4.69) is 34.4 Å². The van der Waals surface area contributed by atoms with Gasteiger partial charge in [0.1, 0.15) is 10.6 Å². The molecule has 0 aromatic heterocycles. The van der Waals surface area contributed by atoms with Crippen molar-refractivity contribution in [3.63, 3.8) is 0 Å². The molecule has 11 nitrogen and oxygen atoms in total. The van der Waals surface area contributed by atoms with Crippen molar-refractivity contribution in [3.05, 3.63) is 20.9 Å². The molecule has 0 saturated carbocycles. The Balaban J connectivity index is 3.37. The van der Waals surface area contributed by atoms with Crippen LogP contribution in [0, 0.1) is 0 Å². The summed E-state index contributed by atoms with van der Waals surface area (Å²) in [4.78, 5) is 19.9. The molecule has 0 aliphatic heterocycles. The Bertz CT molecular complexity index is 386. The van der Waals surface area contributed by atoms with Crippen molar-refractivity contribution in [2.75, 3.05) is 24.7 Å². The van der Waals surface area contributed by atoms with E-state index < -0.39 is 7.82 Å². The van der Waals surface area contributed by atoms with Crippen LogP contribution in [0.1, 0.15) is 6.42 Å². The van der Waals surface area contributed by atoms with Crippen LogP contribution in [-0.2, 0) is 18.6 Å². The van der Waals surface area contributed by atoms with Crippen LogP contribution < -0.4 is 4.89 Å². The van der Waals surface area contributed by atoms with Gasteiger partial charge in [-0.2, -0.15) is 0 Å². The molecule has 0 rings (SSSR count). The minimum absolute atomic E-state index is 0.0887. The van der Waals surface area contributed by atoms with E-state index in [-0.39, 0.29) is 6.61 Å². The zero-order valence-electron chi connectivity index (χ0n) is 9.52. The van der Waals surface area contributed by atoms with Crippen molar-refractivity contribution >= 4 is 29.4 Å². The number of nitrogens with zero attached hydrogens (tertiary/aromatic N) is 6. The topological polar surface area (TPSA) is 165 Å². The molecule has 0 amide bonds. The lowest BCUT2D eigenvalue weighted by molar-refractivity contribution is -0.225. The highest BCUT2D eigenvalue weighted by Gasteiger charge is 2.08. The van der Waals surface area contributed by atoms with Crippen LogP contribution in [0.15, 0.2) is 10.6 Å². The second-order valence-corrected chi connectivity index (χ2v) is 6.55. The van der Waals surface area contributed by atoms with Gasteiger partial charge in [0.2, 0.25) is 0 Å². The van der Waals surface area contributed by atoms with E-state index in [9.17, 15) is 9.46 Å². The van der Waals surface area contributed by atoms with Crippen LogP contribution in [0.3, 0.4) is 0 Å². The molecule has 1 unspecified atom stereocenters. The molecule has 0 N–H and O–H groups in total. The number of phosphoric acid groups is 1. The van der Waals surface area contributed by atoms with Gasteiger partial charge in [-0.15, -0.1) is 0 Å². The van der Waals surface area contributed by atoms with E-state index in [4.69, 9.17) is 11.1 Å². The fourth-order valence-electron chi connectivity index (χ4n) is 0.635. The van der Waals surface area contributed by atoms with Crippen molar-refractivity contribution in [1.29, 1.82) is 0 Å². The number of hydrogen-bond donors (Lipinski definition) is 0. The number of phosphoric ester groups is 1. The van der Waals surface area contributed by atoms with Gasteiger partial charge in [0.05, 0.1) is 13.2 Å². The summed E-state index contributed by atoms with van der Waals surface area (Å²) in [5.74, 6) is 1.16. The van der Waals surface area contributed by atoms with Gasteiger partial charge in [-0.25, -0.2) is 0 Å². The molecule has 1 atom stereocenters. The van der Waals surface area contributed by atoms with Gasteiger partial charge in [-0.05, 0) is 17.5 Å². The summed E-state index contributed by atoms with van der Waals surface area (Å²) >= 11 is 0. The molecule has 0 aromatic rings. The van der Waals surface area contributed by atoms with Crippen molar-refractivity contribution < 1.29 is 23.4 Å². The molecule has 0 fully saturated rings. The number of rotatable bonds is 12. The summed E-state index contributed by atoms with van der Waals surface area (Å²) in [6.07, 6.45) is 0.692. The predicted molar refractivity (Wildman–Crippen MR) is 68.4 cm³/mol. The van der Waals surface area contributed by atoms with Gasteiger partial charge < -0.3 is 18.9 Å². The molecule has 0 aliphatic rings. The number of hydrogen-bond acceptors (Lipinski definition) is 9. The van der Waals surface area contributed by atoms with Crippen LogP contribution in [-0.4, -0.2) is 24.7 Å². The van der Waals surface area contributed by atoms with E-state index in [1.807, 2.05) is 0 Å². The second kappa shape index (κ2) is 12.1. The summed E-state index contributed by atoms with van der Waals surface area (Å²) in [5.41, 5.74) is 15.8. The Morgan fingerprint density at radius 3 is 2.53 bits per heavy atom. The Kier molecular flexibility index (Phi) is 11.5. The van der Waals surface area contributed by atoms with Crippen LogP contribution in [0.5, 0.6) is 0 Å². The van der Waals surface area contributed by atoms with Gasteiger partial charge in [-0.1, -0.05) is 21.6 Å². The Hall–Kier alpha value is -0.930. The molecule has 14 heteroatoms. The average molecular weight is 329 g/mol. The fourth-order valence-corrected chi connectivity index (χ4v) is 3.13. The minimum atomic E-state index is -4.54. The molecule has 19 heavy (non-hydrogen) atoms. The predicted octanol–water partition coefficient (Wildman–Crippen LogP) is 2.73. The van der Waals surface area contributed by atoms with Crippen molar-refractivity contribution in [2.45, 2.75) is 6.42 Å². The maximum atomic E-state index is 10.9. The quantitative estimate of drug-likeness (QED) is 0.101. The van der Waals surface area contributed by atoms with Crippen LogP contribution in [0.25, 0.3) is 20.9 Å². The standard InChI is InChI=1S/C5H11N6O5PS2/c6-8-10-14-2-1-4-18-19-5-3-15-17(12,13)16-11-9-7/h1-5H2,(H,12,13)/p-1. The maximum absolute atomic E-state index is 10.9. The van der Waals surface area contributed by atoms with Crippen LogP contribution in [0.4, 0.5) is 0 Å². The first-order valence-corrected chi connectivity index (χ1v) is 8.67. The second-order valence-electron chi connectivity index (χ2n) is 2.53. The molecule has 0 saturated heterocycles. The van der Waals surface area contributed by atoms with E-state index in [1.54, 1.807) is 0 Å². The molecule has 0 aromatic carbocycles. The molecular weight excluding hydrogens is 319 g/mol. The average Bonchev–Trinajstić information content (AvgIpc) is 2.38. The monoisotopic (exact) mass is 329 g/mol. The van der Waals surface area contributed by atoms with Crippen molar-refractivity contribution in [3.8, 4) is 0 Å². The number of azide groups is 2. The highest BCUT2D eigenvalue weighted by atomic mass is 33.1. The Morgan fingerprint density at radius 2 is 1.84 bits per heavy atom. The largest absolute Gasteiger partial charge is 0.746 e.